The number of ether oxygens (including phenoxy) is 2. The number of nitrogens with one attached hydrogen (secondary N) is 2. The van der Waals surface area contributed by atoms with Crippen molar-refractivity contribution in [3.05, 3.63) is 53.3 Å². The fourth-order valence-electron chi connectivity index (χ4n) is 2.76. The molecule has 0 saturated heterocycles. The van der Waals surface area contributed by atoms with E-state index in [2.05, 4.69) is 25.9 Å². The van der Waals surface area contributed by atoms with E-state index < -0.39 is 0 Å². The van der Waals surface area contributed by atoms with Crippen LogP contribution in [0.3, 0.4) is 0 Å². The third-order valence-electron chi connectivity index (χ3n) is 4.69. The monoisotopic (exact) mass is 410 g/mol. The van der Waals surface area contributed by atoms with E-state index >= 15 is 0 Å². The normalized spacial score (nSPS) is 10.5. The SMILES string of the molecule is COc1cccc(OCC(=O)NCCNc2ccc(-n3nc(C)c(C)c3C)nn2)c1. The Labute approximate surface area is 175 Å². The number of methoxy groups -OCH3 is 1. The van der Waals surface area contributed by atoms with Gasteiger partial charge in [0, 0.05) is 24.8 Å². The number of carbonyl (C=O) groups excluding carboxylic acids is 1. The van der Waals surface area contributed by atoms with Crippen LogP contribution in [0, 0.1) is 20.8 Å². The van der Waals surface area contributed by atoms with Crippen molar-refractivity contribution in [2.24, 2.45) is 0 Å². The second-order valence-corrected chi connectivity index (χ2v) is 6.73. The molecule has 0 aliphatic heterocycles. The number of hydrogen-bond donors (Lipinski definition) is 2. The highest BCUT2D eigenvalue weighted by Gasteiger charge is 2.10. The molecule has 0 bridgehead atoms. The molecule has 1 aromatic carbocycles. The van der Waals surface area contributed by atoms with Crippen molar-refractivity contribution in [1.29, 1.82) is 0 Å². The Balaban J connectivity index is 1.40. The molecule has 2 heterocycles. The van der Waals surface area contributed by atoms with Gasteiger partial charge < -0.3 is 20.1 Å². The maximum Gasteiger partial charge on any atom is 0.258 e. The zero-order valence-electron chi connectivity index (χ0n) is 17.6. The maximum absolute atomic E-state index is 11.9. The number of benzene rings is 1. The minimum atomic E-state index is -0.207. The third kappa shape index (κ3) is 5.25. The van der Waals surface area contributed by atoms with Gasteiger partial charge in [-0.2, -0.15) is 5.10 Å². The Bertz CT molecular complexity index is 1000. The summed E-state index contributed by atoms with van der Waals surface area (Å²) in [5.74, 6) is 2.34. The van der Waals surface area contributed by atoms with E-state index in [1.54, 1.807) is 30.0 Å². The van der Waals surface area contributed by atoms with Crippen molar-refractivity contribution in [3.63, 3.8) is 0 Å². The lowest BCUT2D eigenvalue weighted by Gasteiger charge is -2.09. The molecule has 0 saturated carbocycles. The van der Waals surface area contributed by atoms with E-state index in [4.69, 9.17) is 9.47 Å². The number of rotatable bonds is 9. The van der Waals surface area contributed by atoms with E-state index in [-0.39, 0.29) is 12.5 Å². The molecule has 2 N–H and O–H groups in total. The van der Waals surface area contributed by atoms with Gasteiger partial charge >= 0.3 is 0 Å². The Morgan fingerprint density at radius 2 is 1.87 bits per heavy atom. The summed E-state index contributed by atoms with van der Waals surface area (Å²) >= 11 is 0. The molecule has 3 rings (SSSR count). The van der Waals surface area contributed by atoms with Gasteiger partial charge in [0.1, 0.15) is 17.3 Å². The molecule has 0 radical (unpaired) electrons. The maximum atomic E-state index is 11.9. The first kappa shape index (κ1) is 21.1. The number of amides is 1. The highest BCUT2D eigenvalue weighted by atomic mass is 16.5. The predicted molar refractivity (Wildman–Crippen MR) is 113 cm³/mol. The second kappa shape index (κ2) is 9.73. The summed E-state index contributed by atoms with van der Waals surface area (Å²) in [6.45, 7) is 6.89. The molecular formula is C21H26N6O3. The molecule has 2 aromatic heterocycles. The van der Waals surface area contributed by atoms with Gasteiger partial charge in [-0.25, -0.2) is 4.68 Å². The topological polar surface area (TPSA) is 103 Å². The molecule has 9 heteroatoms. The summed E-state index contributed by atoms with van der Waals surface area (Å²) in [5, 5.41) is 18.8. The third-order valence-corrected chi connectivity index (χ3v) is 4.69. The molecule has 30 heavy (non-hydrogen) atoms. The smallest absolute Gasteiger partial charge is 0.258 e. The number of carbonyl (C=O) groups is 1. The first-order valence-electron chi connectivity index (χ1n) is 9.62. The van der Waals surface area contributed by atoms with Gasteiger partial charge in [-0.05, 0) is 50.6 Å². The lowest BCUT2D eigenvalue weighted by molar-refractivity contribution is -0.123. The van der Waals surface area contributed by atoms with E-state index in [9.17, 15) is 4.79 Å². The fraction of sp³-hybridized carbons (Fsp3) is 0.333. The van der Waals surface area contributed by atoms with Crippen molar-refractivity contribution < 1.29 is 14.3 Å². The second-order valence-electron chi connectivity index (χ2n) is 6.73. The van der Waals surface area contributed by atoms with Crippen LogP contribution in [0.15, 0.2) is 36.4 Å². The zero-order chi connectivity index (χ0) is 21.5. The van der Waals surface area contributed by atoms with Gasteiger partial charge in [0.15, 0.2) is 12.4 Å². The summed E-state index contributed by atoms with van der Waals surface area (Å²) in [7, 11) is 1.58. The quantitative estimate of drug-likeness (QED) is 0.521. The summed E-state index contributed by atoms with van der Waals surface area (Å²) in [6, 6.07) is 10.8. The summed E-state index contributed by atoms with van der Waals surface area (Å²) < 4.78 is 12.4. The molecule has 0 unspecified atom stereocenters. The Morgan fingerprint density at radius 3 is 2.53 bits per heavy atom. The lowest BCUT2D eigenvalue weighted by Crippen LogP contribution is -2.32. The molecule has 0 aliphatic carbocycles. The van der Waals surface area contributed by atoms with E-state index in [0.29, 0.717) is 36.2 Å². The van der Waals surface area contributed by atoms with Crippen molar-refractivity contribution in [2.45, 2.75) is 20.8 Å². The molecule has 0 aliphatic rings. The average Bonchev–Trinajstić information content (AvgIpc) is 3.03. The van der Waals surface area contributed by atoms with Crippen LogP contribution in [-0.2, 0) is 4.79 Å². The van der Waals surface area contributed by atoms with Crippen LogP contribution in [-0.4, -0.2) is 52.7 Å². The van der Waals surface area contributed by atoms with Gasteiger partial charge in [-0.3, -0.25) is 4.79 Å². The van der Waals surface area contributed by atoms with E-state index in [1.807, 2.05) is 39.0 Å². The molecule has 0 atom stereocenters. The zero-order valence-corrected chi connectivity index (χ0v) is 17.6. The standard InChI is InChI=1S/C21H26N6O3/c1-14-15(2)26-27(16(14)3)20-9-8-19(24-25-20)22-10-11-23-21(28)13-30-18-7-5-6-17(12-18)29-4/h5-9,12H,10-11,13H2,1-4H3,(H,22,24)(H,23,28). The molecule has 1 amide bonds. The first-order valence-corrected chi connectivity index (χ1v) is 9.62. The largest absolute Gasteiger partial charge is 0.497 e. The molecular weight excluding hydrogens is 384 g/mol. The summed E-state index contributed by atoms with van der Waals surface area (Å²) in [5.41, 5.74) is 3.16. The van der Waals surface area contributed by atoms with Crippen LogP contribution < -0.4 is 20.1 Å². The molecule has 0 fully saturated rings. The van der Waals surface area contributed by atoms with Gasteiger partial charge in [0.05, 0.1) is 12.8 Å². The van der Waals surface area contributed by atoms with Crippen LogP contribution >= 0.6 is 0 Å². The van der Waals surface area contributed by atoms with Gasteiger partial charge in [0.25, 0.3) is 5.91 Å². The fourth-order valence-corrected chi connectivity index (χ4v) is 2.76. The van der Waals surface area contributed by atoms with Gasteiger partial charge in [0.2, 0.25) is 0 Å². The highest BCUT2D eigenvalue weighted by molar-refractivity contribution is 5.77. The van der Waals surface area contributed by atoms with Crippen molar-refractivity contribution in [2.75, 3.05) is 32.1 Å². The van der Waals surface area contributed by atoms with E-state index in [1.165, 1.54) is 0 Å². The number of aryl methyl sites for hydroxylation is 1. The minimum absolute atomic E-state index is 0.0657. The number of hydrogen-bond acceptors (Lipinski definition) is 7. The summed E-state index contributed by atoms with van der Waals surface area (Å²) in [6.07, 6.45) is 0. The number of nitrogens with zero attached hydrogens (tertiary/aromatic N) is 4. The Kier molecular flexibility index (Phi) is 6.84. The molecule has 3 aromatic rings. The van der Waals surface area contributed by atoms with E-state index in [0.717, 1.165) is 17.0 Å². The van der Waals surface area contributed by atoms with Crippen LogP contribution in [0.5, 0.6) is 11.5 Å². The molecule has 9 nitrogen and oxygen atoms in total. The van der Waals surface area contributed by atoms with Crippen LogP contribution in [0.1, 0.15) is 17.0 Å². The van der Waals surface area contributed by atoms with Crippen LogP contribution in [0.4, 0.5) is 5.82 Å². The first-order chi connectivity index (χ1) is 14.5. The Hall–Kier alpha value is -3.62. The number of aromatic nitrogens is 4. The minimum Gasteiger partial charge on any atom is -0.497 e. The summed E-state index contributed by atoms with van der Waals surface area (Å²) in [4.78, 5) is 11.9. The van der Waals surface area contributed by atoms with Crippen molar-refractivity contribution in [3.8, 4) is 17.3 Å². The van der Waals surface area contributed by atoms with Crippen LogP contribution in [0.2, 0.25) is 0 Å². The molecule has 158 valence electrons. The highest BCUT2D eigenvalue weighted by Crippen LogP contribution is 2.18. The average molecular weight is 410 g/mol. The Morgan fingerprint density at radius 1 is 1.07 bits per heavy atom. The lowest BCUT2D eigenvalue weighted by atomic mass is 10.2. The van der Waals surface area contributed by atoms with Gasteiger partial charge in [-0.15, -0.1) is 10.2 Å². The van der Waals surface area contributed by atoms with Gasteiger partial charge in [-0.1, -0.05) is 6.07 Å². The predicted octanol–water partition coefficient (Wildman–Crippen LogP) is 2.20. The molecule has 0 spiro atoms. The van der Waals surface area contributed by atoms with Crippen molar-refractivity contribution in [1.82, 2.24) is 25.3 Å². The number of anilines is 1. The van der Waals surface area contributed by atoms with Crippen LogP contribution in [0.25, 0.3) is 5.82 Å². The van der Waals surface area contributed by atoms with Crippen molar-refractivity contribution >= 4 is 11.7 Å².